The molecule has 1 amide bonds. The Bertz CT molecular complexity index is 1460. The van der Waals surface area contributed by atoms with Crippen LogP contribution in [0.15, 0.2) is 60.8 Å². The van der Waals surface area contributed by atoms with E-state index in [1.165, 1.54) is 20.5 Å². The first-order valence-corrected chi connectivity index (χ1v) is 14.2. The highest BCUT2D eigenvalue weighted by molar-refractivity contribution is 7.86. The highest BCUT2D eigenvalue weighted by atomic mass is 127. The summed E-state index contributed by atoms with van der Waals surface area (Å²) in [4.78, 5) is 21.3. The summed E-state index contributed by atoms with van der Waals surface area (Å²) in [6, 6.07) is 17.9. The largest absolute Gasteiger partial charge is 0.741 e. The van der Waals surface area contributed by atoms with Gasteiger partial charge in [-0.25, -0.2) is 18.4 Å². The summed E-state index contributed by atoms with van der Waals surface area (Å²) in [5.74, 6) is 0.605. The summed E-state index contributed by atoms with van der Waals surface area (Å²) in [5, 5.41) is 3.44. The van der Waals surface area contributed by atoms with Crippen LogP contribution in [-0.4, -0.2) is 41.5 Å². The normalized spacial score (nSPS) is 11.5. The molecule has 8 nitrogen and oxygen atoms in total. The van der Waals surface area contributed by atoms with Crippen molar-refractivity contribution in [3.05, 3.63) is 79.2 Å². The number of halogens is 4. The van der Waals surface area contributed by atoms with E-state index in [4.69, 9.17) is 17.7 Å². The molecule has 1 N–H and O–H groups in total. The second kappa shape index (κ2) is 11.5. The number of benzene rings is 2. The Morgan fingerprint density at radius 2 is 1.72 bits per heavy atom. The molecule has 0 saturated heterocycles. The van der Waals surface area contributed by atoms with E-state index >= 15 is 0 Å². The van der Waals surface area contributed by atoms with Gasteiger partial charge in [0.25, 0.3) is 5.91 Å². The number of anilines is 1. The number of pyridine rings is 1. The Labute approximate surface area is 218 Å². The summed E-state index contributed by atoms with van der Waals surface area (Å²) in [5.41, 5.74) is -3.20. The van der Waals surface area contributed by atoms with E-state index in [0.717, 1.165) is 19.5 Å². The van der Waals surface area contributed by atoms with Gasteiger partial charge in [-0.15, -0.1) is 0 Å². The van der Waals surface area contributed by atoms with E-state index < -0.39 is 15.6 Å². The first-order chi connectivity index (χ1) is 16.9. The number of amides is 1. The highest BCUT2D eigenvalue weighted by Crippen LogP contribution is 2.26. The van der Waals surface area contributed by atoms with Crippen LogP contribution in [0.25, 0.3) is 10.2 Å². The number of nitrogens with zero attached hydrogens (tertiary/aromatic N) is 2. The third kappa shape index (κ3) is 7.59. The van der Waals surface area contributed by atoms with E-state index in [1.807, 2.05) is 37.3 Å². The number of hydrogen-bond donors (Lipinski definition) is 1. The van der Waals surface area contributed by atoms with Gasteiger partial charge < -0.3 is 9.29 Å². The third-order valence-corrected chi connectivity index (χ3v) is 8.38. The SMILES string of the molecule is COc1ccc([I+]c2ccc(C(=O)Nc3nc4ccc(C)cc4s3)nc2)cc1.O=S(=O)([O-])C(F)(F)F. The molecule has 2 aromatic carbocycles. The number of hydrogen-bond acceptors (Lipinski definition) is 8. The summed E-state index contributed by atoms with van der Waals surface area (Å²) in [6.45, 7) is 2.04. The lowest BCUT2D eigenvalue weighted by Crippen LogP contribution is -3.61. The quantitative estimate of drug-likeness (QED) is 0.197. The van der Waals surface area contributed by atoms with E-state index in [0.29, 0.717) is 10.8 Å². The van der Waals surface area contributed by atoms with Crippen molar-refractivity contribution in [2.45, 2.75) is 12.4 Å². The molecule has 0 fully saturated rings. The maximum absolute atomic E-state index is 12.5. The number of aromatic nitrogens is 2. The lowest BCUT2D eigenvalue weighted by molar-refractivity contribution is -0.597. The molecule has 2 heterocycles. The van der Waals surface area contributed by atoms with Crippen LogP contribution in [0.3, 0.4) is 0 Å². The molecule has 2 aromatic heterocycles. The molecule has 0 bridgehead atoms. The van der Waals surface area contributed by atoms with Crippen LogP contribution in [0.1, 0.15) is 16.1 Å². The summed E-state index contributed by atoms with van der Waals surface area (Å²) >= 11 is 1.12. The molecule has 4 rings (SSSR count). The molecule has 0 aliphatic rings. The number of fused-ring (bicyclic) bond motifs is 1. The Hall–Kier alpha value is -2.82. The van der Waals surface area contributed by atoms with Crippen LogP contribution < -0.4 is 31.3 Å². The van der Waals surface area contributed by atoms with E-state index in [1.54, 1.807) is 19.4 Å². The van der Waals surface area contributed by atoms with Gasteiger partial charge in [-0.2, -0.15) is 13.2 Å². The second-order valence-electron chi connectivity index (χ2n) is 6.96. The Kier molecular flexibility index (Phi) is 8.86. The molecule has 0 saturated carbocycles. The molecule has 36 heavy (non-hydrogen) atoms. The van der Waals surface area contributed by atoms with Crippen molar-refractivity contribution in [1.82, 2.24) is 9.97 Å². The number of carbonyl (C=O) groups is 1. The number of nitrogens with one attached hydrogen (secondary N) is 1. The van der Waals surface area contributed by atoms with Gasteiger partial charge in [-0.1, -0.05) is 17.4 Å². The van der Waals surface area contributed by atoms with Crippen LogP contribution in [0.2, 0.25) is 0 Å². The summed E-state index contributed by atoms with van der Waals surface area (Å²) in [6.07, 6.45) is 1.79. The fourth-order valence-electron chi connectivity index (χ4n) is 2.57. The van der Waals surface area contributed by atoms with Gasteiger partial charge in [-0.05, 0) is 61.0 Å². The maximum atomic E-state index is 12.5. The Morgan fingerprint density at radius 1 is 1.08 bits per heavy atom. The fraction of sp³-hybridized carbons (Fsp3) is 0.136. The van der Waals surface area contributed by atoms with Crippen molar-refractivity contribution in [3.8, 4) is 5.75 Å². The predicted octanol–water partition coefficient (Wildman–Crippen LogP) is 1.44. The smallest absolute Gasteiger partial charge is 0.485 e. The number of rotatable bonds is 5. The minimum Gasteiger partial charge on any atom is -0.741 e. The lowest BCUT2D eigenvalue weighted by Gasteiger charge is -2.08. The summed E-state index contributed by atoms with van der Waals surface area (Å²) in [7, 11) is -4.43. The van der Waals surface area contributed by atoms with Crippen molar-refractivity contribution < 1.29 is 56.9 Å². The maximum Gasteiger partial charge on any atom is 0.485 e. The van der Waals surface area contributed by atoms with Crippen molar-refractivity contribution >= 4 is 42.7 Å². The molecular formula is C22H17F3IN3O5S2. The van der Waals surface area contributed by atoms with Gasteiger partial charge >= 0.3 is 26.7 Å². The Balaban J connectivity index is 0.000000392. The van der Waals surface area contributed by atoms with E-state index in [-0.39, 0.29) is 27.1 Å². The van der Waals surface area contributed by atoms with Crippen LogP contribution in [0.4, 0.5) is 18.3 Å². The average molecular weight is 651 g/mol. The first kappa shape index (κ1) is 27.8. The monoisotopic (exact) mass is 651 g/mol. The zero-order valence-electron chi connectivity index (χ0n) is 18.5. The molecule has 0 radical (unpaired) electrons. The van der Waals surface area contributed by atoms with Crippen LogP contribution >= 0.6 is 11.3 Å². The molecule has 190 valence electrons. The second-order valence-corrected chi connectivity index (χ2v) is 12.4. The Morgan fingerprint density at radius 3 is 2.28 bits per heavy atom. The van der Waals surface area contributed by atoms with Crippen molar-refractivity contribution in [2.24, 2.45) is 0 Å². The van der Waals surface area contributed by atoms with E-state index in [2.05, 4.69) is 33.5 Å². The molecular weight excluding hydrogens is 634 g/mol. The van der Waals surface area contributed by atoms with Crippen LogP contribution in [-0.2, 0) is 10.1 Å². The zero-order valence-corrected chi connectivity index (χ0v) is 22.3. The molecule has 0 aliphatic carbocycles. The first-order valence-electron chi connectivity index (χ1n) is 9.81. The number of carbonyl (C=O) groups excluding carboxylic acids is 1. The van der Waals surface area contributed by atoms with Crippen molar-refractivity contribution in [3.63, 3.8) is 0 Å². The van der Waals surface area contributed by atoms with Gasteiger partial charge in [0.05, 0.1) is 23.5 Å². The minimum absolute atomic E-state index is 0.245. The summed E-state index contributed by atoms with van der Waals surface area (Å²) < 4.78 is 67.6. The van der Waals surface area contributed by atoms with Gasteiger partial charge in [0.2, 0.25) is 3.57 Å². The van der Waals surface area contributed by atoms with Crippen molar-refractivity contribution in [2.75, 3.05) is 12.4 Å². The van der Waals surface area contributed by atoms with Gasteiger partial charge in [0.15, 0.2) is 18.8 Å². The van der Waals surface area contributed by atoms with Gasteiger partial charge in [0.1, 0.15) is 11.4 Å². The predicted molar refractivity (Wildman–Crippen MR) is 123 cm³/mol. The molecule has 0 spiro atoms. The number of methoxy groups -OCH3 is 1. The number of ether oxygens (including phenoxy) is 1. The number of alkyl halides is 3. The number of aryl methyl sites for hydroxylation is 1. The molecule has 0 atom stereocenters. The van der Waals surface area contributed by atoms with Crippen LogP contribution in [0, 0.1) is 14.1 Å². The molecule has 14 heteroatoms. The topological polar surface area (TPSA) is 121 Å². The minimum atomic E-state index is -6.09. The van der Waals surface area contributed by atoms with Gasteiger partial charge in [0, 0.05) is 0 Å². The van der Waals surface area contributed by atoms with Gasteiger partial charge in [-0.3, -0.25) is 10.1 Å². The molecule has 0 unspecified atom stereocenters. The van der Waals surface area contributed by atoms with E-state index in [9.17, 15) is 18.0 Å². The highest BCUT2D eigenvalue weighted by Gasteiger charge is 2.36. The standard InChI is InChI=1S/C21H16IN3O2S.CHF3O3S/c1-13-3-9-17-19(11-13)28-21(24-17)25-20(26)18-10-6-15(12-23-18)22-14-4-7-16(27-2)8-5-14;2-1(3,4)8(5,6)7/h3-12H,1-2H3;(H,5,6,7). The van der Waals surface area contributed by atoms with Crippen molar-refractivity contribution in [1.29, 1.82) is 0 Å². The lowest BCUT2D eigenvalue weighted by atomic mass is 10.2. The molecule has 0 aliphatic heterocycles. The number of thiazole rings is 1. The fourth-order valence-corrected chi connectivity index (χ4v) is 5.61. The van der Waals surface area contributed by atoms with Crippen LogP contribution in [0.5, 0.6) is 5.75 Å². The average Bonchev–Trinajstić information content (AvgIpc) is 3.20. The third-order valence-electron chi connectivity index (χ3n) is 4.28. The molecule has 4 aromatic rings. The zero-order chi connectivity index (χ0) is 26.5.